The van der Waals surface area contributed by atoms with Gasteiger partial charge in [0, 0.05) is 16.7 Å². The number of methoxy groups -OCH3 is 1. The monoisotopic (exact) mass is 426 g/mol. The number of hydrogen-bond acceptors (Lipinski definition) is 5. The maximum atomic E-state index is 15.1. The molecule has 0 bridgehead atoms. The van der Waals surface area contributed by atoms with Gasteiger partial charge in [0.05, 0.1) is 12.8 Å². The Hall–Kier alpha value is -4.13. The molecule has 0 saturated heterocycles. The van der Waals surface area contributed by atoms with Gasteiger partial charge >= 0.3 is 0 Å². The molecule has 1 aromatic heterocycles. The fraction of sp³-hybridized carbons (Fsp3) is 0.120. The van der Waals surface area contributed by atoms with Gasteiger partial charge in [0.25, 0.3) is 0 Å². The molecule has 158 valence electrons. The molecule has 32 heavy (non-hydrogen) atoms. The lowest BCUT2D eigenvalue weighted by molar-refractivity contribution is 0.222. The van der Waals surface area contributed by atoms with E-state index in [9.17, 15) is 0 Å². The van der Waals surface area contributed by atoms with Crippen molar-refractivity contribution in [1.82, 2.24) is 14.8 Å². The van der Waals surface area contributed by atoms with Crippen molar-refractivity contribution in [2.24, 2.45) is 0 Å². The van der Waals surface area contributed by atoms with Crippen LogP contribution in [0.5, 0.6) is 11.5 Å². The number of anilines is 1. The van der Waals surface area contributed by atoms with Crippen molar-refractivity contribution in [3.8, 4) is 11.5 Å². The van der Waals surface area contributed by atoms with Crippen LogP contribution in [0.2, 0.25) is 0 Å². The zero-order valence-electron chi connectivity index (χ0n) is 17.2. The molecule has 2 unspecified atom stereocenters. The summed E-state index contributed by atoms with van der Waals surface area (Å²) >= 11 is 0. The summed E-state index contributed by atoms with van der Waals surface area (Å²) in [4.78, 5) is 4.37. The maximum Gasteiger partial charge on any atom is 0.226 e. The van der Waals surface area contributed by atoms with Gasteiger partial charge in [-0.15, -0.1) is 0 Å². The molecule has 0 spiro atoms. The molecule has 6 nitrogen and oxygen atoms in total. The van der Waals surface area contributed by atoms with Crippen molar-refractivity contribution in [3.05, 3.63) is 107 Å². The second-order valence-corrected chi connectivity index (χ2v) is 7.67. The van der Waals surface area contributed by atoms with E-state index in [1.165, 1.54) is 12.4 Å². The Balaban J connectivity index is 1.62. The molecule has 4 aromatic rings. The number of nitrogens with zero attached hydrogens (tertiary/aromatic N) is 3. The van der Waals surface area contributed by atoms with Crippen LogP contribution in [0.15, 0.2) is 84.7 Å². The highest BCUT2D eigenvalue weighted by Crippen LogP contribution is 2.50. The number of rotatable bonds is 3. The first-order valence-corrected chi connectivity index (χ1v) is 10.3. The summed E-state index contributed by atoms with van der Waals surface area (Å²) in [5, 5.41) is 7.84. The summed E-state index contributed by atoms with van der Waals surface area (Å²) in [6.45, 7) is 0. The molecule has 3 aromatic carbocycles. The molecule has 2 aliphatic rings. The first-order chi connectivity index (χ1) is 15.7. The zero-order valence-corrected chi connectivity index (χ0v) is 17.2. The molecule has 7 heteroatoms. The third kappa shape index (κ3) is 2.78. The molecule has 0 amide bonds. The van der Waals surface area contributed by atoms with Gasteiger partial charge in [0.15, 0.2) is 0 Å². The molecule has 3 heterocycles. The summed E-state index contributed by atoms with van der Waals surface area (Å²) in [6, 6.07) is 21.8. The van der Waals surface area contributed by atoms with E-state index in [0.29, 0.717) is 11.5 Å². The lowest BCUT2D eigenvalue weighted by Crippen LogP contribution is -2.32. The zero-order chi connectivity index (χ0) is 21.7. The van der Waals surface area contributed by atoms with Crippen molar-refractivity contribution in [3.63, 3.8) is 0 Å². The first kappa shape index (κ1) is 18.6. The number of para-hydroxylation sites is 1. The number of ether oxygens (including phenoxy) is 2. The fourth-order valence-electron chi connectivity index (χ4n) is 4.47. The molecular weight excluding hydrogens is 407 g/mol. The summed E-state index contributed by atoms with van der Waals surface area (Å²) in [5.74, 6) is 1.76. The third-order valence-corrected chi connectivity index (χ3v) is 5.94. The predicted molar refractivity (Wildman–Crippen MR) is 118 cm³/mol. The average Bonchev–Trinajstić information content (AvgIpc) is 3.31. The highest BCUT2D eigenvalue weighted by molar-refractivity contribution is 5.85. The smallest absolute Gasteiger partial charge is 0.226 e. The van der Waals surface area contributed by atoms with Crippen LogP contribution >= 0.6 is 0 Å². The molecule has 6 rings (SSSR count). The van der Waals surface area contributed by atoms with Gasteiger partial charge < -0.3 is 14.8 Å². The van der Waals surface area contributed by atoms with E-state index in [1.807, 2.05) is 54.6 Å². The standard InChI is InChI=1S/C25H19FN4O2/c1-31-16-12-10-15(11-13-16)24-21-22(18-7-3-5-9-20(18)32-24)29-25-27-14-28-30(25)23(21)17-6-2-4-8-19(17)26/h2-14,23-24H,1H3,(H,27,28,29). The Morgan fingerprint density at radius 1 is 1.00 bits per heavy atom. The van der Waals surface area contributed by atoms with E-state index in [1.54, 1.807) is 23.9 Å². The molecule has 0 aliphatic carbocycles. The van der Waals surface area contributed by atoms with E-state index in [0.717, 1.165) is 33.9 Å². The minimum absolute atomic E-state index is 0.306. The van der Waals surface area contributed by atoms with Crippen molar-refractivity contribution in [2.45, 2.75) is 12.1 Å². The number of nitrogens with one attached hydrogen (secondary N) is 1. The van der Waals surface area contributed by atoms with Crippen LogP contribution < -0.4 is 14.8 Å². The van der Waals surface area contributed by atoms with Crippen LogP contribution in [0.1, 0.15) is 28.8 Å². The number of hydrogen-bond donors (Lipinski definition) is 1. The molecule has 1 N–H and O–H groups in total. The molecule has 2 aliphatic heterocycles. The van der Waals surface area contributed by atoms with E-state index in [-0.39, 0.29) is 5.82 Å². The quantitative estimate of drug-likeness (QED) is 0.500. The second kappa shape index (κ2) is 7.23. The van der Waals surface area contributed by atoms with Gasteiger partial charge in [-0.1, -0.05) is 42.5 Å². The van der Waals surface area contributed by atoms with E-state index < -0.39 is 12.1 Å². The molecular formula is C25H19FN4O2. The van der Waals surface area contributed by atoms with Gasteiger partial charge in [0.2, 0.25) is 5.95 Å². The third-order valence-electron chi connectivity index (χ3n) is 5.94. The van der Waals surface area contributed by atoms with Crippen LogP contribution in [0, 0.1) is 5.82 Å². The fourth-order valence-corrected chi connectivity index (χ4v) is 4.47. The lowest BCUT2D eigenvalue weighted by atomic mass is 9.84. The van der Waals surface area contributed by atoms with Crippen LogP contribution in [0.25, 0.3) is 5.70 Å². The maximum absolute atomic E-state index is 15.1. The molecule has 0 fully saturated rings. The highest BCUT2D eigenvalue weighted by atomic mass is 19.1. The largest absolute Gasteiger partial charge is 0.497 e. The van der Waals surface area contributed by atoms with Crippen molar-refractivity contribution < 1.29 is 13.9 Å². The summed E-state index contributed by atoms with van der Waals surface area (Å²) in [5.41, 5.74) is 4.08. The van der Waals surface area contributed by atoms with Gasteiger partial charge in [-0.05, 0) is 35.9 Å². The number of aromatic nitrogens is 3. The van der Waals surface area contributed by atoms with Crippen LogP contribution in [-0.2, 0) is 0 Å². The van der Waals surface area contributed by atoms with Crippen LogP contribution in [0.3, 0.4) is 0 Å². The van der Waals surface area contributed by atoms with E-state index in [4.69, 9.17) is 9.47 Å². The average molecular weight is 426 g/mol. The topological polar surface area (TPSA) is 61.2 Å². The van der Waals surface area contributed by atoms with E-state index in [2.05, 4.69) is 15.4 Å². The Bertz CT molecular complexity index is 1350. The predicted octanol–water partition coefficient (Wildman–Crippen LogP) is 4.99. The minimum atomic E-state index is -0.523. The van der Waals surface area contributed by atoms with Crippen LogP contribution in [-0.4, -0.2) is 21.9 Å². The summed E-state index contributed by atoms with van der Waals surface area (Å²) in [6.07, 6.45) is 1.02. The van der Waals surface area contributed by atoms with Gasteiger partial charge in [-0.2, -0.15) is 10.1 Å². The lowest BCUT2D eigenvalue weighted by Gasteiger charge is -2.39. The molecule has 2 atom stereocenters. The minimum Gasteiger partial charge on any atom is -0.497 e. The number of fused-ring (bicyclic) bond motifs is 3. The highest BCUT2D eigenvalue weighted by Gasteiger charge is 2.41. The second-order valence-electron chi connectivity index (χ2n) is 7.67. The number of benzene rings is 3. The summed E-state index contributed by atoms with van der Waals surface area (Å²) in [7, 11) is 1.63. The Morgan fingerprint density at radius 3 is 2.59 bits per heavy atom. The van der Waals surface area contributed by atoms with Gasteiger partial charge in [0.1, 0.15) is 35.8 Å². The van der Waals surface area contributed by atoms with Gasteiger partial charge in [-0.25, -0.2) is 9.07 Å². The molecule has 0 radical (unpaired) electrons. The van der Waals surface area contributed by atoms with E-state index >= 15 is 4.39 Å². The Labute approximate surface area is 183 Å². The Morgan fingerprint density at radius 2 is 1.78 bits per heavy atom. The normalized spacial score (nSPS) is 18.7. The van der Waals surface area contributed by atoms with Crippen LogP contribution in [0.4, 0.5) is 10.3 Å². The Kier molecular flexibility index (Phi) is 4.21. The first-order valence-electron chi connectivity index (χ1n) is 10.3. The van der Waals surface area contributed by atoms with Crippen molar-refractivity contribution >= 4 is 11.6 Å². The van der Waals surface area contributed by atoms with Crippen molar-refractivity contribution in [1.29, 1.82) is 0 Å². The van der Waals surface area contributed by atoms with Crippen molar-refractivity contribution in [2.75, 3.05) is 12.4 Å². The van der Waals surface area contributed by atoms with Gasteiger partial charge in [-0.3, -0.25) is 0 Å². The summed E-state index contributed by atoms with van der Waals surface area (Å²) < 4.78 is 28.7. The number of halogens is 1. The molecule has 0 saturated carbocycles. The SMILES string of the molecule is COc1ccc(C2Oc3ccccc3C3=C2C(c2ccccc2F)n2ncnc2N3)cc1.